The highest BCUT2D eigenvalue weighted by molar-refractivity contribution is 7.14. The number of piperazine rings is 1. The molecule has 1 saturated heterocycles. The number of rotatable bonds is 9. The Labute approximate surface area is 214 Å². The van der Waals surface area contributed by atoms with Crippen LogP contribution in [0.3, 0.4) is 0 Å². The van der Waals surface area contributed by atoms with Crippen LogP contribution in [0.5, 0.6) is 5.75 Å². The van der Waals surface area contributed by atoms with Gasteiger partial charge in [0.15, 0.2) is 10.9 Å². The molecule has 2 aliphatic rings. The van der Waals surface area contributed by atoms with Crippen molar-refractivity contribution in [3.05, 3.63) is 64.4 Å². The molecule has 1 aromatic carbocycles. The molecule has 10 heteroatoms. The molecule has 5 rings (SSSR count). The van der Waals surface area contributed by atoms with Gasteiger partial charge in [0.1, 0.15) is 18.1 Å². The maximum atomic E-state index is 13.1. The van der Waals surface area contributed by atoms with Crippen LogP contribution in [0.15, 0.2) is 42.0 Å². The Kier molecular flexibility index (Phi) is 7.26. The lowest BCUT2D eigenvalue weighted by Crippen LogP contribution is -2.44. The number of carbonyl (C=O) groups is 2. The van der Waals surface area contributed by atoms with E-state index in [9.17, 15) is 9.59 Å². The summed E-state index contributed by atoms with van der Waals surface area (Å²) in [6.45, 7) is 5.43. The quantitative estimate of drug-likeness (QED) is 0.443. The van der Waals surface area contributed by atoms with Gasteiger partial charge in [0.05, 0.1) is 6.54 Å². The number of amides is 1. The second-order valence-electron chi connectivity index (χ2n) is 9.22. The molecule has 0 bridgehead atoms. The predicted octanol–water partition coefficient (Wildman–Crippen LogP) is 2.47. The van der Waals surface area contributed by atoms with Crippen molar-refractivity contribution in [3.63, 3.8) is 0 Å². The molecule has 1 N–H and O–H groups in total. The minimum Gasteiger partial charge on any atom is -0.492 e. The number of nitrogens with zero attached hydrogens (tertiary/aromatic N) is 5. The standard InChI is InChI=1S/C26H30N6O3S/c1-30(2)11-12-35-20-3-4-21-19(13-20)16-32(25(21)34)26-29-22(17-36-26)24(33)14-18-15-28-6-5-23(18)31-9-7-27-8-10-31/h3-6,13,15,17,27H,7-12,14,16H2,1-2H3. The van der Waals surface area contributed by atoms with Gasteiger partial charge in [0, 0.05) is 73.7 Å². The van der Waals surface area contributed by atoms with E-state index in [0.29, 0.717) is 29.5 Å². The van der Waals surface area contributed by atoms with Gasteiger partial charge in [0.25, 0.3) is 5.91 Å². The van der Waals surface area contributed by atoms with Gasteiger partial charge in [-0.05, 0) is 43.9 Å². The van der Waals surface area contributed by atoms with Crippen molar-refractivity contribution < 1.29 is 14.3 Å². The first-order valence-electron chi connectivity index (χ1n) is 12.1. The highest BCUT2D eigenvalue weighted by Gasteiger charge is 2.31. The van der Waals surface area contributed by atoms with Crippen LogP contribution in [0, 0.1) is 0 Å². The fourth-order valence-corrected chi connectivity index (χ4v) is 5.26. The molecule has 0 spiro atoms. The van der Waals surface area contributed by atoms with E-state index in [0.717, 1.165) is 55.3 Å². The Bertz CT molecular complexity index is 1250. The van der Waals surface area contributed by atoms with E-state index < -0.39 is 0 Å². The van der Waals surface area contributed by atoms with E-state index in [-0.39, 0.29) is 18.1 Å². The number of fused-ring (bicyclic) bond motifs is 1. The summed E-state index contributed by atoms with van der Waals surface area (Å²) in [4.78, 5) is 40.9. The SMILES string of the molecule is CN(C)CCOc1ccc2c(c1)CN(c1nc(C(=O)Cc3cnccc3N3CCNCC3)cs1)C2=O. The number of ether oxygens (including phenoxy) is 1. The van der Waals surface area contributed by atoms with E-state index >= 15 is 0 Å². The number of anilines is 2. The molecule has 9 nitrogen and oxygen atoms in total. The smallest absolute Gasteiger partial charge is 0.260 e. The third-order valence-corrected chi connectivity index (χ3v) is 7.25. The van der Waals surface area contributed by atoms with Crippen LogP contribution < -0.4 is 19.9 Å². The van der Waals surface area contributed by atoms with Crippen LogP contribution in [-0.4, -0.2) is 80.0 Å². The van der Waals surface area contributed by atoms with Gasteiger partial charge in [0.2, 0.25) is 0 Å². The second kappa shape index (κ2) is 10.7. The van der Waals surface area contributed by atoms with Gasteiger partial charge in [-0.3, -0.25) is 19.5 Å². The number of benzene rings is 1. The van der Waals surface area contributed by atoms with E-state index in [4.69, 9.17) is 4.74 Å². The van der Waals surface area contributed by atoms with Crippen molar-refractivity contribution in [2.75, 3.05) is 63.2 Å². The number of ketones is 1. The summed E-state index contributed by atoms with van der Waals surface area (Å²) in [6, 6.07) is 7.53. The van der Waals surface area contributed by atoms with Crippen LogP contribution >= 0.6 is 11.3 Å². The lowest BCUT2D eigenvalue weighted by molar-refractivity contribution is 0.0980. The molecule has 0 saturated carbocycles. The number of thiazole rings is 1. The number of carbonyl (C=O) groups excluding carboxylic acids is 2. The third kappa shape index (κ3) is 5.25. The fourth-order valence-electron chi connectivity index (χ4n) is 4.44. The Morgan fingerprint density at radius 3 is 2.86 bits per heavy atom. The van der Waals surface area contributed by atoms with Crippen molar-refractivity contribution >= 4 is 33.8 Å². The van der Waals surface area contributed by atoms with E-state index in [1.54, 1.807) is 22.7 Å². The van der Waals surface area contributed by atoms with Crippen LogP contribution in [0.1, 0.15) is 32.0 Å². The van der Waals surface area contributed by atoms with Gasteiger partial charge in [-0.25, -0.2) is 4.98 Å². The molecule has 0 unspecified atom stereocenters. The zero-order chi connectivity index (χ0) is 25.1. The Morgan fingerprint density at radius 1 is 1.22 bits per heavy atom. The minimum atomic E-state index is -0.105. The molecule has 0 aliphatic carbocycles. The lowest BCUT2D eigenvalue weighted by atomic mass is 10.1. The summed E-state index contributed by atoms with van der Waals surface area (Å²) in [5.74, 6) is 0.561. The number of Topliss-reactive ketones (excluding diaryl/α,β-unsaturated/α-hetero) is 1. The maximum absolute atomic E-state index is 13.1. The average Bonchev–Trinajstić information content (AvgIpc) is 3.50. The average molecular weight is 507 g/mol. The summed E-state index contributed by atoms with van der Waals surface area (Å²) in [5.41, 5.74) is 3.87. The molecular weight excluding hydrogens is 476 g/mol. The largest absolute Gasteiger partial charge is 0.492 e. The molecule has 2 aliphatic heterocycles. The van der Waals surface area contributed by atoms with E-state index in [1.165, 1.54) is 11.3 Å². The van der Waals surface area contributed by atoms with E-state index in [2.05, 4.69) is 25.1 Å². The van der Waals surface area contributed by atoms with Crippen LogP contribution in [0.2, 0.25) is 0 Å². The Balaban J connectivity index is 1.27. The topological polar surface area (TPSA) is 90.9 Å². The monoisotopic (exact) mass is 506 g/mol. The number of nitrogens with one attached hydrogen (secondary N) is 1. The molecule has 4 heterocycles. The van der Waals surface area contributed by atoms with Gasteiger partial charge in [-0.1, -0.05) is 0 Å². The van der Waals surface area contributed by atoms with Gasteiger partial charge < -0.3 is 19.9 Å². The number of hydrogen-bond acceptors (Lipinski definition) is 9. The molecule has 0 atom stereocenters. The molecule has 1 amide bonds. The summed E-state index contributed by atoms with van der Waals surface area (Å²) in [7, 11) is 4.00. The fraction of sp³-hybridized carbons (Fsp3) is 0.385. The van der Waals surface area contributed by atoms with Crippen molar-refractivity contribution in [2.45, 2.75) is 13.0 Å². The van der Waals surface area contributed by atoms with Crippen molar-refractivity contribution in [3.8, 4) is 5.75 Å². The van der Waals surface area contributed by atoms with Crippen LogP contribution in [0.25, 0.3) is 0 Å². The molecule has 3 aromatic rings. The number of likely N-dealkylation sites (N-methyl/N-ethyl adjacent to an activating group) is 1. The number of pyridine rings is 1. The summed E-state index contributed by atoms with van der Waals surface area (Å²) in [6.07, 6.45) is 3.75. The lowest BCUT2D eigenvalue weighted by Gasteiger charge is -2.30. The highest BCUT2D eigenvalue weighted by Crippen LogP contribution is 2.33. The zero-order valence-corrected chi connectivity index (χ0v) is 21.4. The van der Waals surface area contributed by atoms with Crippen molar-refractivity contribution in [1.82, 2.24) is 20.2 Å². The molecule has 1 fully saturated rings. The highest BCUT2D eigenvalue weighted by atomic mass is 32.1. The predicted molar refractivity (Wildman–Crippen MR) is 140 cm³/mol. The number of hydrogen-bond donors (Lipinski definition) is 1. The van der Waals surface area contributed by atoms with Gasteiger partial charge >= 0.3 is 0 Å². The van der Waals surface area contributed by atoms with Gasteiger partial charge in [-0.15, -0.1) is 11.3 Å². The summed E-state index contributed by atoms with van der Waals surface area (Å²) in [5, 5.41) is 5.62. The molecular formula is C26H30N6O3S. The molecule has 36 heavy (non-hydrogen) atoms. The number of aromatic nitrogens is 2. The van der Waals surface area contributed by atoms with Crippen LogP contribution in [0.4, 0.5) is 10.8 Å². The van der Waals surface area contributed by atoms with Gasteiger partial charge in [-0.2, -0.15) is 0 Å². The summed E-state index contributed by atoms with van der Waals surface area (Å²) < 4.78 is 5.82. The normalized spacial score (nSPS) is 15.5. The molecule has 188 valence electrons. The Hall–Kier alpha value is -3.34. The molecule has 0 radical (unpaired) electrons. The zero-order valence-electron chi connectivity index (χ0n) is 20.6. The summed E-state index contributed by atoms with van der Waals surface area (Å²) >= 11 is 1.32. The first-order chi connectivity index (χ1) is 17.5. The molecule has 2 aromatic heterocycles. The first-order valence-corrected chi connectivity index (χ1v) is 13.0. The first kappa shape index (κ1) is 24.4. The minimum absolute atomic E-state index is 0.0809. The van der Waals surface area contributed by atoms with Crippen molar-refractivity contribution in [2.24, 2.45) is 0 Å². The second-order valence-corrected chi connectivity index (χ2v) is 10.1. The van der Waals surface area contributed by atoms with Crippen LogP contribution in [-0.2, 0) is 13.0 Å². The van der Waals surface area contributed by atoms with E-state index in [1.807, 2.05) is 38.4 Å². The third-order valence-electron chi connectivity index (χ3n) is 6.38. The van der Waals surface area contributed by atoms with Crippen molar-refractivity contribution in [1.29, 1.82) is 0 Å². The maximum Gasteiger partial charge on any atom is 0.260 e. The Morgan fingerprint density at radius 2 is 2.06 bits per heavy atom.